The van der Waals surface area contributed by atoms with Gasteiger partial charge in [0.15, 0.2) is 5.03 Å². The zero-order valence-electron chi connectivity index (χ0n) is 12.1. The Hall–Kier alpha value is -0.920. The van der Waals surface area contributed by atoms with E-state index in [2.05, 4.69) is 15.0 Å². The van der Waals surface area contributed by atoms with Crippen LogP contribution in [0.2, 0.25) is 0 Å². The molecule has 6 nitrogen and oxygen atoms in total. The molecule has 19 heavy (non-hydrogen) atoms. The fraction of sp³-hybridized carbons (Fsp3) is 0.750. The van der Waals surface area contributed by atoms with Crippen molar-refractivity contribution in [2.45, 2.75) is 51.7 Å². The second-order valence-corrected chi connectivity index (χ2v) is 6.54. The lowest BCUT2D eigenvalue weighted by atomic mass is 10.4. The van der Waals surface area contributed by atoms with Crippen LogP contribution in [0.1, 0.15) is 33.0 Å². The number of rotatable bonds is 8. The van der Waals surface area contributed by atoms with Crippen LogP contribution < -0.4 is 10.0 Å². The third-order valence-corrected chi connectivity index (χ3v) is 3.99. The largest absolute Gasteiger partial charge is 0.334 e. The number of aryl methyl sites for hydroxylation is 2. The summed E-state index contributed by atoms with van der Waals surface area (Å²) in [7, 11) is -3.50. The summed E-state index contributed by atoms with van der Waals surface area (Å²) in [5.41, 5.74) is 0. The molecular weight excluding hydrogens is 264 g/mol. The average Bonchev–Trinajstić information content (AvgIpc) is 2.68. The van der Waals surface area contributed by atoms with Crippen molar-refractivity contribution < 1.29 is 8.42 Å². The Bertz CT molecular complexity index is 494. The lowest BCUT2D eigenvalue weighted by Crippen LogP contribution is -2.34. The molecule has 0 aliphatic rings. The van der Waals surface area contributed by atoms with Gasteiger partial charge in [0.1, 0.15) is 5.82 Å². The standard InChI is InChI=1S/C12H24N4O2S/c1-5-8-16-9-12(15-11(16)4)19(17,18)14-7-6-13-10(2)3/h9-10,13-14H,5-8H2,1-4H3. The predicted molar refractivity (Wildman–Crippen MR) is 75.6 cm³/mol. The summed E-state index contributed by atoms with van der Waals surface area (Å²) in [6.07, 6.45) is 2.54. The number of hydrogen-bond donors (Lipinski definition) is 2. The first-order valence-corrected chi connectivity index (χ1v) is 8.12. The minimum absolute atomic E-state index is 0.1000. The smallest absolute Gasteiger partial charge is 0.259 e. The van der Waals surface area contributed by atoms with E-state index < -0.39 is 10.0 Å². The van der Waals surface area contributed by atoms with Crippen molar-refractivity contribution >= 4 is 10.0 Å². The molecule has 1 aromatic heterocycles. The van der Waals surface area contributed by atoms with Crippen molar-refractivity contribution in [2.24, 2.45) is 0 Å². The third-order valence-electron chi connectivity index (χ3n) is 2.66. The van der Waals surface area contributed by atoms with Crippen LogP contribution in [0, 0.1) is 6.92 Å². The molecule has 0 amide bonds. The number of hydrogen-bond acceptors (Lipinski definition) is 4. The first-order valence-electron chi connectivity index (χ1n) is 6.63. The minimum Gasteiger partial charge on any atom is -0.334 e. The molecule has 1 heterocycles. The van der Waals surface area contributed by atoms with Crippen molar-refractivity contribution in [3.63, 3.8) is 0 Å². The molecule has 0 bridgehead atoms. The van der Waals surface area contributed by atoms with Crippen molar-refractivity contribution in [1.82, 2.24) is 19.6 Å². The van der Waals surface area contributed by atoms with Crippen molar-refractivity contribution in [1.29, 1.82) is 0 Å². The minimum atomic E-state index is -3.50. The van der Waals surface area contributed by atoms with Crippen LogP contribution in [0.4, 0.5) is 0 Å². The van der Waals surface area contributed by atoms with Crippen LogP contribution in [0.15, 0.2) is 11.2 Å². The van der Waals surface area contributed by atoms with E-state index in [-0.39, 0.29) is 5.03 Å². The van der Waals surface area contributed by atoms with Crippen LogP contribution in [0.25, 0.3) is 0 Å². The first kappa shape index (κ1) is 16.1. The van der Waals surface area contributed by atoms with Crippen molar-refractivity contribution in [3.05, 3.63) is 12.0 Å². The molecule has 1 rings (SSSR count). The second-order valence-electron chi connectivity index (χ2n) is 4.83. The lowest BCUT2D eigenvalue weighted by Gasteiger charge is -2.08. The summed E-state index contributed by atoms with van der Waals surface area (Å²) >= 11 is 0. The molecule has 0 atom stereocenters. The van der Waals surface area contributed by atoms with Gasteiger partial charge in [-0.3, -0.25) is 0 Å². The molecule has 7 heteroatoms. The topological polar surface area (TPSA) is 76.0 Å². The molecule has 0 fully saturated rings. The van der Waals surface area contributed by atoms with Gasteiger partial charge in [-0.1, -0.05) is 20.8 Å². The molecule has 0 aliphatic carbocycles. The molecule has 0 radical (unpaired) electrons. The van der Waals surface area contributed by atoms with Gasteiger partial charge in [0.2, 0.25) is 0 Å². The Morgan fingerprint density at radius 3 is 2.63 bits per heavy atom. The lowest BCUT2D eigenvalue weighted by molar-refractivity contribution is 0.557. The van der Waals surface area contributed by atoms with Crippen molar-refractivity contribution in [2.75, 3.05) is 13.1 Å². The summed E-state index contributed by atoms with van der Waals surface area (Å²) < 4.78 is 28.5. The summed E-state index contributed by atoms with van der Waals surface area (Å²) in [6.45, 7) is 9.64. The van der Waals surface area contributed by atoms with Crippen LogP contribution >= 0.6 is 0 Å². The molecule has 1 aromatic rings. The molecular formula is C12H24N4O2S. The van der Waals surface area contributed by atoms with Gasteiger partial charge >= 0.3 is 0 Å². The number of nitrogens with one attached hydrogen (secondary N) is 2. The summed E-state index contributed by atoms with van der Waals surface area (Å²) in [5, 5.41) is 3.25. The number of nitrogens with zero attached hydrogens (tertiary/aromatic N) is 2. The maximum absolute atomic E-state index is 12.0. The molecule has 0 aromatic carbocycles. The first-order chi connectivity index (χ1) is 8.86. The van der Waals surface area contributed by atoms with Crippen LogP contribution in [-0.4, -0.2) is 37.1 Å². The monoisotopic (exact) mass is 288 g/mol. The average molecular weight is 288 g/mol. The zero-order chi connectivity index (χ0) is 14.5. The molecule has 0 unspecified atom stereocenters. The van der Waals surface area contributed by atoms with Crippen LogP contribution in [0.5, 0.6) is 0 Å². The molecule has 0 aliphatic heterocycles. The van der Waals surface area contributed by atoms with E-state index in [9.17, 15) is 8.42 Å². The highest BCUT2D eigenvalue weighted by Crippen LogP contribution is 2.09. The Kier molecular flexibility index (Phi) is 5.96. The quantitative estimate of drug-likeness (QED) is 0.696. The van der Waals surface area contributed by atoms with E-state index >= 15 is 0 Å². The Labute approximate surface area is 115 Å². The van der Waals surface area contributed by atoms with Gasteiger partial charge in [0.25, 0.3) is 10.0 Å². The highest BCUT2D eigenvalue weighted by atomic mass is 32.2. The SMILES string of the molecule is CCCn1cc(S(=O)(=O)NCCNC(C)C)nc1C. The van der Waals surface area contributed by atoms with Crippen LogP contribution in [0.3, 0.4) is 0 Å². The van der Waals surface area contributed by atoms with E-state index in [0.29, 0.717) is 19.1 Å². The van der Waals surface area contributed by atoms with E-state index in [1.54, 1.807) is 6.20 Å². The third kappa shape index (κ3) is 4.93. The van der Waals surface area contributed by atoms with Gasteiger partial charge in [0.05, 0.1) is 0 Å². The normalized spacial score (nSPS) is 12.3. The zero-order valence-corrected chi connectivity index (χ0v) is 12.9. The molecule has 0 saturated heterocycles. The fourth-order valence-electron chi connectivity index (χ4n) is 1.70. The summed E-state index contributed by atoms with van der Waals surface area (Å²) in [4.78, 5) is 4.11. The molecule has 0 spiro atoms. The van der Waals surface area contributed by atoms with Gasteiger partial charge in [-0.2, -0.15) is 0 Å². The van der Waals surface area contributed by atoms with Crippen molar-refractivity contribution in [3.8, 4) is 0 Å². The number of aromatic nitrogens is 2. The van der Waals surface area contributed by atoms with E-state index in [0.717, 1.165) is 18.8 Å². The predicted octanol–water partition coefficient (Wildman–Crippen LogP) is 0.878. The fourth-order valence-corrected chi connectivity index (χ4v) is 2.73. The maximum atomic E-state index is 12.0. The molecule has 0 saturated carbocycles. The molecule has 110 valence electrons. The molecule has 2 N–H and O–H groups in total. The van der Waals surface area contributed by atoms with Gasteiger partial charge in [-0.05, 0) is 13.3 Å². The van der Waals surface area contributed by atoms with Gasteiger partial charge in [-0.15, -0.1) is 0 Å². The number of sulfonamides is 1. The van der Waals surface area contributed by atoms with Gasteiger partial charge < -0.3 is 9.88 Å². The highest BCUT2D eigenvalue weighted by molar-refractivity contribution is 7.89. The van der Waals surface area contributed by atoms with E-state index in [1.807, 2.05) is 32.3 Å². The van der Waals surface area contributed by atoms with E-state index in [1.165, 1.54) is 0 Å². The Morgan fingerprint density at radius 1 is 1.37 bits per heavy atom. The maximum Gasteiger partial charge on any atom is 0.259 e. The summed E-state index contributed by atoms with van der Waals surface area (Å²) in [6, 6.07) is 0.343. The summed E-state index contributed by atoms with van der Waals surface area (Å²) in [5.74, 6) is 0.725. The van der Waals surface area contributed by atoms with Gasteiger partial charge in [0, 0.05) is 31.9 Å². The van der Waals surface area contributed by atoms with E-state index in [4.69, 9.17) is 0 Å². The van der Waals surface area contributed by atoms with Gasteiger partial charge in [-0.25, -0.2) is 18.1 Å². The Morgan fingerprint density at radius 2 is 2.05 bits per heavy atom. The second kappa shape index (κ2) is 7.02. The highest BCUT2D eigenvalue weighted by Gasteiger charge is 2.18. The van der Waals surface area contributed by atoms with Crippen LogP contribution in [-0.2, 0) is 16.6 Å². The Balaban J connectivity index is 2.64. The number of imidazole rings is 1.